The second-order valence-corrected chi connectivity index (χ2v) is 9.86. The number of carbonyl (C=O) groups is 1. The fourth-order valence-corrected chi connectivity index (χ4v) is 4.88. The third-order valence-electron chi connectivity index (χ3n) is 6.96. The molecule has 2 saturated heterocycles. The summed E-state index contributed by atoms with van der Waals surface area (Å²) in [5, 5.41) is 6.50. The van der Waals surface area contributed by atoms with E-state index < -0.39 is 0 Å². The number of benzene rings is 2. The first kappa shape index (κ1) is 24.5. The van der Waals surface area contributed by atoms with Gasteiger partial charge in [0, 0.05) is 55.2 Å². The van der Waals surface area contributed by atoms with E-state index in [9.17, 15) is 4.79 Å². The van der Waals surface area contributed by atoms with Crippen molar-refractivity contribution in [2.75, 3.05) is 38.7 Å². The predicted octanol–water partition coefficient (Wildman–Crippen LogP) is 3.70. The average molecular weight is 490 g/mol. The summed E-state index contributed by atoms with van der Waals surface area (Å²) in [4.78, 5) is 20.1. The molecule has 2 atom stereocenters. The summed E-state index contributed by atoms with van der Waals surface area (Å²) in [6, 6.07) is 12.4. The minimum Gasteiger partial charge on any atom is -0.488 e. The molecule has 2 aromatic carbocycles. The van der Waals surface area contributed by atoms with Gasteiger partial charge in [0.05, 0.1) is 25.2 Å². The molecular formula is C28H35N5O3. The van der Waals surface area contributed by atoms with E-state index >= 15 is 0 Å². The van der Waals surface area contributed by atoms with Crippen molar-refractivity contribution in [1.29, 1.82) is 0 Å². The minimum atomic E-state index is -0.163. The molecule has 5 rings (SSSR count). The SMILES string of the molecule is CNC1CCN(Cc2cc(NC(=O)c3ccc(C)c(O[C@@H]4CCOC4)c3)cc(-n3cnc(C)c3)c2)C1. The van der Waals surface area contributed by atoms with E-state index in [1.165, 1.54) is 0 Å². The molecule has 3 heterocycles. The maximum Gasteiger partial charge on any atom is 0.255 e. The number of carbonyl (C=O) groups excluding carboxylic acids is 1. The Morgan fingerprint density at radius 1 is 1.19 bits per heavy atom. The quantitative estimate of drug-likeness (QED) is 0.502. The summed E-state index contributed by atoms with van der Waals surface area (Å²) in [7, 11) is 2.02. The lowest BCUT2D eigenvalue weighted by molar-refractivity contribution is 0.102. The van der Waals surface area contributed by atoms with Crippen LogP contribution in [-0.2, 0) is 11.3 Å². The van der Waals surface area contributed by atoms with Crippen LogP contribution < -0.4 is 15.4 Å². The Labute approximate surface area is 212 Å². The molecule has 8 heteroatoms. The highest BCUT2D eigenvalue weighted by molar-refractivity contribution is 6.04. The van der Waals surface area contributed by atoms with Crippen LogP contribution >= 0.6 is 0 Å². The molecule has 190 valence electrons. The molecule has 8 nitrogen and oxygen atoms in total. The molecule has 0 saturated carbocycles. The van der Waals surface area contributed by atoms with Crippen LogP contribution in [0.5, 0.6) is 5.75 Å². The molecule has 0 radical (unpaired) electrons. The maximum atomic E-state index is 13.3. The van der Waals surface area contributed by atoms with Crippen LogP contribution in [0.2, 0.25) is 0 Å². The zero-order chi connectivity index (χ0) is 25.1. The molecule has 0 aliphatic carbocycles. The zero-order valence-electron chi connectivity index (χ0n) is 21.3. The van der Waals surface area contributed by atoms with E-state index in [2.05, 4.69) is 32.7 Å². The number of imidazole rings is 1. The summed E-state index contributed by atoms with van der Waals surface area (Å²) >= 11 is 0. The number of anilines is 1. The van der Waals surface area contributed by atoms with E-state index in [0.717, 1.165) is 66.4 Å². The van der Waals surface area contributed by atoms with Gasteiger partial charge in [0.1, 0.15) is 11.9 Å². The molecule has 1 aromatic heterocycles. The number of aromatic nitrogens is 2. The van der Waals surface area contributed by atoms with Gasteiger partial charge in [-0.15, -0.1) is 0 Å². The Hall–Kier alpha value is -3.20. The first-order valence-corrected chi connectivity index (χ1v) is 12.7. The molecule has 0 bridgehead atoms. The largest absolute Gasteiger partial charge is 0.488 e. The standard InChI is InChI=1S/C28H35N5O3/c1-19-4-5-22(12-27(19)36-26-7-9-35-17-26)28(34)31-24-10-21(15-32-8-6-23(16-32)29-3)11-25(13-24)33-14-20(2)30-18-33/h4-5,10-14,18,23,26,29H,6-9,15-17H2,1-3H3,(H,31,34)/t23?,26-/m1/s1. The van der Waals surface area contributed by atoms with Gasteiger partial charge in [0.25, 0.3) is 5.91 Å². The van der Waals surface area contributed by atoms with Crippen LogP contribution in [0.15, 0.2) is 48.9 Å². The first-order chi connectivity index (χ1) is 17.5. The number of aryl methyl sites for hydroxylation is 2. The highest BCUT2D eigenvalue weighted by Gasteiger charge is 2.22. The molecular weight excluding hydrogens is 454 g/mol. The predicted molar refractivity (Wildman–Crippen MR) is 140 cm³/mol. The highest BCUT2D eigenvalue weighted by atomic mass is 16.5. The summed E-state index contributed by atoms with van der Waals surface area (Å²) < 4.78 is 13.5. The Balaban J connectivity index is 1.37. The van der Waals surface area contributed by atoms with Gasteiger partial charge < -0.3 is 24.7 Å². The molecule has 36 heavy (non-hydrogen) atoms. The Morgan fingerprint density at radius 2 is 2.08 bits per heavy atom. The molecule has 2 aliphatic rings. The van der Waals surface area contributed by atoms with Crippen molar-refractivity contribution < 1.29 is 14.3 Å². The topological polar surface area (TPSA) is 80.6 Å². The minimum absolute atomic E-state index is 0.0352. The highest BCUT2D eigenvalue weighted by Crippen LogP contribution is 2.26. The zero-order valence-corrected chi connectivity index (χ0v) is 21.3. The van der Waals surface area contributed by atoms with E-state index in [1.807, 2.05) is 62.3 Å². The molecule has 0 spiro atoms. The van der Waals surface area contributed by atoms with Gasteiger partial charge in [-0.3, -0.25) is 9.69 Å². The average Bonchev–Trinajstić information content (AvgIpc) is 3.63. The van der Waals surface area contributed by atoms with Crippen molar-refractivity contribution in [3.05, 3.63) is 71.3 Å². The van der Waals surface area contributed by atoms with Crippen LogP contribution in [0, 0.1) is 13.8 Å². The number of nitrogens with zero attached hydrogens (tertiary/aromatic N) is 3. The van der Waals surface area contributed by atoms with E-state index in [-0.39, 0.29) is 12.0 Å². The lowest BCUT2D eigenvalue weighted by Gasteiger charge is -2.18. The van der Waals surface area contributed by atoms with Crippen molar-refractivity contribution in [3.8, 4) is 11.4 Å². The fraction of sp³-hybridized carbons (Fsp3) is 0.429. The second-order valence-electron chi connectivity index (χ2n) is 9.86. The smallest absolute Gasteiger partial charge is 0.255 e. The number of likely N-dealkylation sites (tertiary alicyclic amines) is 1. The van der Waals surface area contributed by atoms with Gasteiger partial charge >= 0.3 is 0 Å². The number of hydrogen-bond acceptors (Lipinski definition) is 6. The normalized spacial score (nSPS) is 20.1. The van der Waals surface area contributed by atoms with Crippen molar-refractivity contribution in [3.63, 3.8) is 0 Å². The van der Waals surface area contributed by atoms with Crippen LogP contribution in [0.4, 0.5) is 5.69 Å². The van der Waals surface area contributed by atoms with E-state index in [1.54, 1.807) is 0 Å². The first-order valence-electron chi connectivity index (χ1n) is 12.7. The van der Waals surface area contributed by atoms with Gasteiger partial charge in [-0.25, -0.2) is 4.98 Å². The third-order valence-corrected chi connectivity index (χ3v) is 6.96. The van der Waals surface area contributed by atoms with Crippen molar-refractivity contribution >= 4 is 11.6 Å². The van der Waals surface area contributed by atoms with E-state index in [4.69, 9.17) is 9.47 Å². The Kier molecular flexibility index (Phi) is 7.36. The number of nitrogens with one attached hydrogen (secondary N) is 2. The molecule has 2 N–H and O–H groups in total. The van der Waals surface area contributed by atoms with Crippen LogP contribution in [0.3, 0.4) is 0 Å². The number of likely N-dealkylation sites (N-methyl/N-ethyl adjacent to an activating group) is 1. The van der Waals surface area contributed by atoms with Gasteiger partial charge in [0.2, 0.25) is 0 Å². The number of ether oxygens (including phenoxy) is 2. The van der Waals surface area contributed by atoms with Gasteiger partial charge in [-0.05, 0) is 68.8 Å². The number of amides is 1. The molecule has 2 fully saturated rings. The molecule has 1 unspecified atom stereocenters. The van der Waals surface area contributed by atoms with Gasteiger partial charge in [0.15, 0.2) is 0 Å². The lowest BCUT2D eigenvalue weighted by Crippen LogP contribution is -2.29. The molecule has 1 amide bonds. The lowest BCUT2D eigenvalue weighted by atomic mass is 10.1. The third kappa shape index (κ3) is 5.78. The summed E-state index contributed by atoms with van der Waals surface area (Å²) in [6.07, 6.45) is 5.85. The summed E-state index contributed by atoms with van der Waals surface area (Å²) in [5.41, 5.74) is 5.40. The fourth-order valence-electron chi connectivity index (χ4n) is 4.88. The van der Waals surface area contributed by atoms with Gasteiger partial charge in [-0.2, -0.15) is 0 Å². The van der Waals surface area contributed by atoms with Gasteiger partial charge in [-0.1, -0.05) is 6.07 Å². The van der Waals surface area contributed by atoms with Crippen molar-refractivity contribution in [2.45, 2.75) is 45.4 Å². The molecule has 2 aliphatic heterocycles. The summed E-state index contributed by atoms with van der Waals surface area (Å²) in [6.45, 7) is 8.17. The maximum absolute atomic E-state index is 13.3. The Morgan fingerprint density at radius 3 is 2.81 bits per heavy atom. The van der Waals surface area contributed by atoms with Crippen LogP contribution in [0.25, 0.3) is 5.69 Å². The molecule has 3 aromatic rings. The van der Waals surface area contributed by atoms with Crippen molar-refractivity contribution in [1.82, 2.24) is 19.8 Å². The van der Waals surface area contributed by atoms with Crippen LogP contribution in [0.1, 0.15) is 40.0 Å². The van der Waals surface area contributed by atoms with E-state index in [0.29, 0.717) is 24.8 Å². The van der Waals surface area contributed by atoms with Crippen molar-refractivity contribution in [2.24, 2.45) is 0 Å². The second kappa shape index (κ2) is 10.8. The summed E-state index contributed by atoms with van der Waals surface area (Å²) in [5.74, 6) is 0.568. The monoisotopic (exact) mass is 489 g/mol. The van der Waals surface area contributed by atoms with Crippen LogP contribution in [-0.4, -0.2) is 65.9 Å². The number of rotatable bonds is 8. The number of hydrogen-bond donors (Lipinski definition) is 2. The Bertz CT molecular complexity index is 1220.